The summed E-state index contributed by atoms with van der Waals surface area (Å²) in [5.41, 5.74) is 1.86. The summed E-state index contributed by atoms with van der Waals surface area (Å²) < 4.78 is 14.1. The maximum Gasteiger partial charge on any atom is 0.240 e. The summed E-state index contributed by atoms with van der Waals surface area (Å²) in [6.45, 7) is 1.24. The molecule has 1 aromatic carbocycles. The minimum absolute atomic E-state index is 0.0843. The maximum atomic E-state index is 13.7. The molecule has 1 amide bonds. The highest BCUT2D eigenvalue weighted by Crippen LogP contribution is 2.47. The monoisotopic (exact) mass is 335 g/mol. The van der Waals surface area contributed by atoms with E-state index in [0.29, 0.717) is 23.1 Å². The number of hydrogen-bond donors (Lipinski definition) is 1. The van der Waals surface area contributed by atoms with Crippen LogP contribution in [0.5, 0.6) is 0 Å². The Morgan fingerprint density at radius 3 is 2.85 bits per heavy atom. The number of pyridine rings is 1. The minimum atomic E-state index is -0.511. The van der Waals surface area contributed by atoms with Gasteiger partial charge >= 0.3 is 0 Å². The van der Waals surface area contributed by atoms with E-state index < -0.39 is 5.41 Å². The molecule has 0 aliphatic carbocycles. The van der Waals surface area contributed by atoms with Crippen LogP contribution in [0.4, 0.5) is 10.1 Å². The number of amides is 1. The van der Waals surface area contributed by atoms with Gasteiger partial charge in [0.15, 0.2) is 0 Å². The summed E-state index contributed by atoms with van der Waals surface area (Å²) in [7, 11) is 1.76. The van der Waals surface area contributed by atoms with Gasteiger partial charge in [-0.1, -0.05) is 0 Å². The molecule has 0 radical (unpaired) electrons. The van der Waals surface area contributed by atoms with Gasteiger partial charge in [0.1, 0.15) is 11.2 Å². The zero-order chi connectivity index (χ0) is 14.1. The fraction of sp³-hybridized carbons (Fsp3) is 0.286. The maximum absolute atomic E-state index is 13.7. The Balaban J connectivity index is 2.12. The van der Waals surface area contributed by atoms with Gasteiger partial charge in [-0.25, -0.2) is 4.39 Å². The van der Waals surface area contributed by atoms with E-state index in [1.165, 1.54) is 6.07 Å². The van der Waals surface area contributed by atoms with E-state index >= 15 is 0 Å². The second-order valence-electron chi connectivity index (χ2n) is 5.35. The van der Waals surface area contributed by atoms with E-state index in [1.54, 1.807) is 24.2 Å². The van der Waals surface area contributed by atoms with Crippen molar-refractivity contribution in [2.24, 2.45) is 0 Å². The lowest BCUT2D eigenvalue weighted by atomic mass is 9.75. The van der Waals surface area contributed by atoms with Crippen molar-refractivity contribution in [3.8, 4) is 0 Å². The van der Waals surface area contributed by atoms with Gasteiger partial charge in [0.2, 0.25) is 5.91 Å². The highest BCUT2D eigenvalue weighted by molar-refractivity contribution is 9.10. The van der Waals surface area contributed by atoms with E-state index in [9.17, 15) is 9.18 Å². The van der Waals surface area contributed by atoms with Crippen molar-refractivity contribution in [1.29, 1.82) is 0 Å². The molecule has 4 nitrogen and oxygen atoms in total. The third-order valence-corrected chi connectivity index (χ3v) is 4.91. The number of aromatic nitrogens is 1. The second kappa shape index (κ2) is 3.77. The molecule has 1 fully saturated rings. The third kappa shape index (κ3) is 1.28. The van der Waals surface area contributed by atoms with Crippen molar-refractivity contribution < 1.29 is 9.18 Å². The highest BCUT2D eigenvalue weighted by atomic mass is 79.9. The number of hydrogen-bond acceptors (Lipinski definition) is 3. The van der Waals surface area contributed by atoms with E-state index in [-0.39, 0.29) is 11.7 Å². The molecule has 6 heteroatoms. The lowest BCUT2D eigenvalue weighted by Gasteiger charge is -2.38. The van der Waals surface area contributed by atoms with Crippen molar-refractivity contribution in [2.45, 2.75) is 5.41 Å². The van der Waals surface area contributed by atoms with E-state index in [1.807, 2.05) is 0 Å². The summed E-state index contributed by atoms with van der Waals surface area (Å²) >= 11 is 3.22. The standard InChI is InChI=1S/C14H11BrFN3O/c1-19-11-4-18-10-3-9(16)8(15)2-7(10)12(11)14(13(19)20)5-17-6-14/h2-4,17H,5-6H2,1H3. The zero-order valence-corrected chi connectivity index (χ0v) is 12.3. The summed E-state index contributed by atoms with van der Waals surface area (Å²) in [4.78, 5) is 18.5. The molecule has 0 atom stereocenters. The molecule has 0 unspecified atom stereocenters. The van der Waals surface area contributed by atoms with Crippen LogP contribution in [0.1, 0.15) is 5.56 Å². The minimum Gasteiger partial charge on any atom is -0.314 e. The average Bonchev–Trinajstić information content (AvgIpc) is 2.61. The Morgan fingerprint density at radius 1 is 1.45 bits per heavy atom. The van der Waals surface area contributed by atoms with Crippen LogP contribution >= 0.6 is 15.9 Å². The average molecular weight is 336 g/mol. The van der Waals surface area contributed by atoms with Gasteiger partial charge in [0.05, 0.1) is 21.9 Å². The number of benzene rings is 1. The number of nitrogens with one attached hydrogen (secondary N) is 1. The van der Waals surface area contributed by atoms with Crippen LogP contribution < -0.4 is 10.2 Å². The quantitative estimate of drug-likeness (QED) is 0.800. The molecule has 20 heavy (non-hydrogen) atoms. The first-order valence-corrected chi connectivity index (χ1v) is 7.11. The van der Waals surface area contributed by atoms with Gasteiger partial charge in [-0.05, 0) is 22.0 Å². The summed E-state index contributed by atoms with van der Waals surface area (Å²) in [6, 6.07) is 3.13. The van der Waals surface area contributed by atoms with Crippen LogP contribution in [-0.2, 0) is 10.2 Å². The molecule has 3 heterocycles. The van der Waals surface area contributed by atoms with Gasteiger partial charge in [-0.15, -0.1) is 0 Å². The molecule has 102 valence electrons. The fourth-order valence-electron chi connectivity index (χ4n) is 3.17. The number of rotatable bonds is 0. The van der Waals surface area contributed by atoms with Crippen LogP contribution in [0, 0.1) is 5.82 Å². The number of carbonyl (C=O) groups excluding carboxylic acids is 1. The van der Waals surface area contributed by atoms with Crippen molar-refractivity contribution >= 4 is 38.4 Å². The van der Waals surface area contributed by atoms with Crippen LogP contribution in [0.2, 0.25) is 0 Å². The molecule has 0 bridgehead atoms. The van der Waals surface area contributed by atoms with Crippen LogP contribution in [0.3, 0.4) is 0 Å². The van der Waals surface area contributed by atoms with E-state index in [0.717, 1.165) is 16.6 Å². The van der Waals surface area contributed by atoms with Crippen LogP contribution in [-0.4, -0.2) is 31.0 Å². The number of anilines is 1. The third-order valence-electron chi connectivity index (χ3n) is 4.30. The SMILES string of the molecule is CN1C(=O)C2(CNC2)c2c1cnc1cc(F)c(Br)cc21. The van der Waals surface area contributed by atoms with E-state index in [2.05, 4.69) is 26.2 Å². The zero-order valence-electron chi connectivity index (χ0n) is 10.7. The predicted octanol–water partition coefficient (Wildman–Crippen LogP) is 1.95. The first-order valence-electron chi connectivity index (χ1n) is 6.32. The summed E-state index contributed by atoms with van der Waals surface area (Å²) in [5, 5.41) is 4.02. The summed E-state index contributed by atoms with van der Waals surface area (Å²) in [6.07, 6.45) is 1.66. The highest BCUT2D eigenvalue weighted by Gasteiger charge is 2.54. The molecule has 4 rings (SSSR count). The van der Waals surface area contributed by atoms with Crippen molar-refractivity contribution in [2.75, 3.05) is 25.0 Å². The van der Waals surface area contributed by atoms with Crippen molar-refractivity contribution in [3.05, 3.63) is 34.2 Å². The molecule has 0 saturated carbocycles. The van der Waals surface area contributed by atoms with Gasteiger partial charge in [-0.3, -0.25) is 9.78 Å². The number of halogens is 2. The second-order valence-corrected chi connectivity index (χ2v) is 6.21. The number of fused-ring (bicyclic) bond motifs is 4. The lowest BCUT2D eigenvalue weighted by Crippen LogP contribution is -2.61. The largest absolute Gasteiger partial charge is 0.314 e. The first-order chi connectivity index (χ1) is 9.54. The number of carbonyl (C=O) groups is 1. The summed E-state index contributed by atoms with van der Waals surface area (Å²) in [5.74, 6) is -0.260. The molecule has 1 aromatic heterocycles. The normalized spacial score (nSPS) is 19.6. The topological polar surface area (TPSA) is 45.2 Å². The molecule has 2 aliphatic heterocycles. The Hall–Kier alpha value is -1.53. The molecule has 1 spiro atoms. The molecular formula is C14H11BrFN3O. The molecule has 2 aromatic rings. The predicted molar refractivity (Wildman–Crippen MR) is 77.4 cm³/mol. The smallest absolute Gasteiger partial charge is 0.240 e. The molecular weight excluding hydrogens is 325 g/mol. The molecule has 1 N–H and O–H groups in total. The van der Waals surface area contributed by atoms with Crippen LogP contribution in [0.15, 0.2) is 22.8 Å². The molecule has 1 saturated heterocycles. The van der Waals surface area contributed by atoms with Gasteiger partial charge in [0.25, 0.3) is 0 Å². The van der Waals surface area contributed by atoms with Gasteiger partial charge in [-0.2, -0.15) is 0 Å². The van der Waals surface area contributed by atoms with Crippen molar-refractivity contribution in [1.82, 2.24) is 10.3 Å². The lowest BCUT2D eigenvalue weighted by molar-refractivity contribution is -0.124. The fourth-order valence-corrected chi connectivity index (χ4v) is 3.52. The number of nitrogens with zero attached hydrogens (tertiary/aromatic N) is 2. The molecule has 2 aliphatic rings. The Kier molecular flexibility index (Phi) is 2.30. The Morgan fingerprint density at radius 2 is 2.20 bits per heavy atom. The first kappa shape index (κ1) is 12.2. The van der Waals surface area contributed by atoms with Crippen molar-refractivity contribution in [3.63, 3.8) is 0 Å². The Labute approximate surface area is 123 Å². The number of likely N-dealkylation sites (N-methyl/N-ethyl adjacent to an activating group) is 1. The van der Waals surface area contributed by atoms with Gasteiger partial charge in [0, 0.05) is 37.2 Å². The van der Waals surface area contributed by atoms with Gasteiger partial charge < -0.3 is 10.2 Å². The Bertz CT molecular complexity index is 773. The van der Waals surface area contributed by atoms with E-state index in [4.69, 9.17) is 0 Å². The van der Waals surface area contributed by atoms with Crippen LogP contribution in [0.25, 0.3) is 10.9 Å².